The van der Waals surface area contributed by atoms with Crippen LogP contribution < -0.4 is 5.73 Å². The van der Waals surface area contributed by atoms with Gasteiger partial charge in [0.2, 0.25) is 0 Å². The minimum absolute atomic E-state index is 0.0144. The molecule has 0 spiro atoms. The molecule has 1 aliphatic carbocycles. The van der Waals surface area contributed by atoms with E-state index in [1.807, 2.05) is 25.2 Å². The SMILES string of the molecule is C[C@](N)(CO)C1=CC=CC1. The van der Waals surface area contributed by atoms with Crippen LogP contribution in [0, 0.1) is 0 Å². The van der Waals surface area contributed by atoms with Crippen molar-refractivity contribution >= 4 is 0 Å². The molecule has 10 heavy (non-hydrogen) atoms. The monoisotopic (exact) mass is 139 g/mol. The van der Waals surface area contributed by atoms with Crippen LogP contribution in [0.2, 0.25) is 0 Å². The van der Waals surface area contributed by atoms with Crippen LogP contribution in [-0.4, -0.2) is 17.3 Å². The highest BCUT2D eigenvalue weighted by molar-refractivity contribution is 5.31. The largest absolute Gasteiger partial charge is 0.394 e. The maximum absolute atomic E-state index is 8.86. The van der Waals surface area contributed by atoms with Gasteiger partial charge in [-0.3, -0.25) is 0 Å². The fraction of sp³-hybridized carbons (Fsp3) is 0.500. The molecule has 2 heteroatoms. The molecule has 0 aromatic heterocycles. The van der Waals surface area contributed by atoms with E-state index in [1.54, 1.807) is 0 Å². The lowest BCUT2D eigenvalue weighted by Gasteiger charge is -2.23. The van der Waals surface area contributed by atoms with Gasteiger partial charge in [0, 0.05) is 0 Å². The number of aliphatic hydroxyl groups is 1. The van der Waals surface area contributed by atoms with Gasteiger partial charge in [0.15, 0.2) is 0 Å². The van der Waals surface area contributed by atoms with Crippen LogP contribution in [-0.2, 0) is 0 Å². The minimum Gasteiger partial charge on any atom is -0.394 e. The molecule has 0 aliphatic heterocycles. The van der Waals surface area contributed by atoms with Crippen molar-refractivity contribution < 1.29 is 5.11 Å². The molecule has 1 atom stereocenters. The summed E-state index contributed by atoms with van der Waals surface area (Å²) in [6.45, 7) is 1.85. The van der Waals surface area contributed by atoms with Crippen LogP contribution in [0.15, 0.2) is 23.8 Å². The summed E-state index contributed by atoms with van der Waals surface area (Å²) in [4.78, 5) is 0. The van der Waals surface area contributed by atoms with Gasteiger partial charge in [0.25, 0.3) is 0 Å². The highest BCUT2D eigenvalue weighted by Gasteiger charge is 2.22. The zero-order valence-corrected chi connectivity index (χ0v) is 6.17. The van der Waals surface area contributed by atoms with Crippen LogP contribution in [0.5, 0.6) is 0 Å². The number of allylic oxidation sites excluding steroid dienone is 3. The second-order valence-corrected chi connectivity index (χ2v) is 2.90. The Morgan fingerprint density at radius 2 is 2.50 bits per heavy atom. The van der Waals surface area contributed by atoms with Crippen LogP contribution in [0.25, 0.3) is 0 Å². The lowest BCUT2D eigenvalue weighted by atomic mass is 9.93. The van der Waals surface area contributed by atoms with E-state index in [9.17, 15) is 0 Å². The van der Waals surface area contributed by atoms with Crippen molar-refractivity contribution in [1.29, 1.82) is 0 Å². The zero-order valence-electron chi connectivity index (χ0n) is 6.17. The van der Waals surface area contributed by atoms with E-state index in [4.69, 9.17) is 10.8 Å². The molecule has 0 aromatic carbocycles. The van der Waals surface area contributed by atoms with E-state index in [0.29, 0.717) is 0 Å². The first-order valence-corrected chi connectivity index (χ1v) is 3.43. The molecule has 0 saturated heterocycles. The molecule has 1 aliphatic rings. The number of hydrogen-bond acceptors (Lipinski definition) is 2. The predicted octanol–water partition coefficient (Wildman–Crippen LogP) is 0.582. The molecular weight excluding hydrogens is 126 g/mol. The molecule has 0 radical (unpaired) electrons. The summed E-state index contributed by atoms with van der Waals surface area (Å²) in [7, 11) is 0. The van der Waals surface area contributed by atoms with Crippen molar-refractivity contribution in [3.8, 4) is 0 Å². The van der Waals surface area contributed by atoms with Crippen molar-refractivity contribution in [3.63, 3.8) is 0 Å². The quantitative estimate of drug-likeness (QED) is 0.588. The summed E-state index contributed by atoms with van der Waals surface area (Å²) in [5.41, 5.74) is 6.35. The van der Waals surface area contributed by atoms with Gasteiger partial charge in [0.05, 0.1) is 12.1 Å². The fourth-order valence-electron chi connectivity index (χ4n) is 0.972. The Hall–Kier alpha value is -0.600. The lowest BCUT2D eigenvalue weighted by molar-refractivity contribution is 0.230. The Kier molecular flexibility index (Phi) is 1.92. The second-order valence-electron chi connectivity index (χ2n) is 2.90. The Balaban J connectivity index is 2.65. The van der Waals surface area contributed by atoms with Crippen LogP contribution in [0.1, 0.15) is 13.3 Å². The Morgan fingerprint density at radius 1 is 1.80 bits per heavy atom. The molecular formula is C8H13NO. The topological polar surface area (TPSA) is 46.2 Å². The number of rotatable bonds is 2. The molecule has 0 fully saturated rings. The Labute approximate surface area is 61.0 Å². The average Bonchev–Trinajstić information content (AvgIpc) is 2.38. The summed E-state index contributed by atoms with van der Waals surface area (Å²) in [6.07, 6.45) is 6.86. The number of aliphatic hydroxyl groups excluding tert-OH is 1. The normalized spacial score (nSPS) is 22.5. The first kappa shape index (κ1) is 7.51. The third kappa shape index (κ3) is 1.28. The van der Waals surface area contributed by atoms with E-state index in [0.717, 1.165) is 12.0 Å². The van der Waals surface area contributed by atoms with E-state index in [-0.39, 0.29) is 6.61 Å². The number of nitrogens with two attached hydrogens (primary N) is 1. The van der Waals surface area contributed by atoms with Crippen molar-refractivity contribution in [3.05, 3.63) is 23.8 Å². The van der Waals surface area contributed by atoms with Gasteiger partial charge < -0.3 is 10.8 Å². The smallest absolute Gasteiger partial charge is 0.0647 e. The van der Waals surface area contributed by atoms with Gasteiger partial charge >= 0.3 is 0 Å². The highest BCUT2D eigenvalue weighted by atomic mass is 16.3. The molecule has 56 valence electrons. The Morgan fingerprint density at radius 3 is 2.90 bits per heavy atom. The summed E-state index contributed by atoms with van der Waals surface area (Å²) in [5.74, 6) is 0. The van der Waals surface area contributed by atoms with E-state index < -0.39 is 5.54 Å². The second kappa shape index (κ2) is 2.56. The van der Waals surface area contributed by atoms with E-state index in [1.165, 1.54) is 0 Å². The third-order valence-electron chi connectivity index (χ3n) is 1.83. The highest BCUT2D eigenvalue weighted by Crippen LogP contribution is 2.21. The molecule has 0 aromatic rings. The average molecular weight is 139 g/mol. The first-order valence-electron chi connectivity index (χ1n) is 3.43. The molecule has 1 rings (SSSR count). The molecule has 0 bridgehead atoms. The van der Waals surface area contributed by atoms with Crippen molar-refractivity contribution in [2.75, 3.05) is 6.61 Å². The first-order chi connectivity index (χ1) is 4.67. The van der Waals surface area contributed by atoms with Crippen LogP contribution in [0.4, 0.5) is 0 Å². The molecule has 0 unspecified atom stereocenters. The number of hydrogen-bond donors (Lipinski definition) is 2. The molecule has 0 heterocycles. The van der Waals surface area contributed by atoms with Gasteiger partial charge in [-0.1, -0.05) is 18.2 Å². The maximum Gasteiger partial charge on any atom is 0.0647 e. The fourth-order valence-corrected chi connectivity index (χ4v) is 0.972. The Bertz CT molecular complexity index is 180. The molecule has 2 nitrogen and oxygen atoms in total. The van der Waals surface area contributed by atoms with Crippen molar-refractivity contribution in [1.82, 2.24) is 0 Å². The van der Waals surface area contributed by atoms with Gasteiger partial charge in [-0.2, -0.15) is 0 Å². The van der Waals surface area contributed by atoms with Crippen molar-refractivity contribution in [2.24, 2.45) is 5.73 Å². The third-order valence-corrected chi connectivity index (χ3v) is 1.83. The van der Waals surface area contributed by atoms with Gasteiger partial charge in [-0.15, -0.1) is 0 Å². The standard InChI is InChI=1S/C8H13NO/c1-8(9,6-10)7-4-2-3-5-7/h2-4,10H,5-6,9H2,1H3/t8-/m0/s1. The molecule has 3 N–H and O–H groups in total. The summed E-state index contributed by atoms with van der Waals surface area (Å²) >= 11 is 0. The van der Waals surface area contributed by atoms with E-state index in [2.05, 4.69) is 0 Å². The van der Waals surface area contributed by atoms with Gasteiger partial charge in [-0.25, -0.2) is 0 Å². The zero-order chi connectivity index (χ0) is 7.61. The minimum atomic E-state index is -0.524. The predicted molar refractivity (Wildman–Crippen MR) is 41.5 cm³/mol. The molecule has 0 amide bonds. The summed E-state index contributed by atoms with van der Waals surface area (Å²) in [6, 6.07) is 0. The van der Waals surface area contributed by atoms with Crippen molar-refractivity contribution in [2.45, 2.75) is 18.9 Å². The summed E-state index contributed by atoms with van der Waals surface area (Å²) in [5, 5.41) is 8.86. The lowest BCUT2D eigenvalue weighted by Crippen LogP contribution is -2.41. The van der Waals surface area contributed by atoms with E-state index >= 15 is 0 Å². The molecule has 0 saturated carbocycles. The van der Waals surface area contributed by atoms with Gasteiger partial charge in [-0.05, 0) is 18.9 Å². The van der Waals surface area contributed by atoms with Gasteiger partial charge in [0.1, 0.15) is 0 Å². The van der Waals surface area contributed by atoms with Crippen LogP contribution >= 0.6 is 0 Å². The maximum atomic E-state index is 8.86. The summed E-state index contributed by atoms with van der Waals surface area (Å²) < 4.78 is 0. The van der Waals surface area contributed by atoms with Crippen LogP contribution in [0.3, 0.4) is 0 Å².